The average molecular weight is 517 g/mol. The minimum absolute atomic E-state index is 0.199. The van der Waals surface area contributed by atoms with Gasteiger partial charge in [-0.1, -0.05) is 78.9 Å². The van der Waals surface area contributed by atoms with Crippen molar-refractivity contribution in [2.24, 2.45) is 0 Å². The summed E-state index contributed by atoms with van der Waals surface area (Å²) in [5.41, 5.74) is 1.70. The van der Waals surface area contributed by atoms with Gasteiger partial charge in [-0.15, -0.1) is 11.8 Å². The molecule has 190 valence electrons. The number of nitrogens with one attached hydrogen (secondary N) is 1. The van der Waals surface area contributed by atoms with E-state index in [9.17, 15) is 14.4 Å². The minimum atomic E-state index is -0.779. The van der Waals surface area contributed by atoms with E-state index in [-0.39, 0.29) is 23.8 Å². The monoisotopic (exact) mass is 516 g/mol. The van der Waals surface area contributed by atoms with E-state index in [2.05, 4.69) is 5.32 Å². The number of thioether (sulfide) groups is 1. The molecule has 2 saturated heterocycles. The SMILES string of the molecule is CC1(C)S[C@@H]2[C@H](NC(=O)COc3ccccc3)C(=O)N2C1C(=O)OC(c1ccccc1)c1ccccc1. The van der Waals surface area contributed by atoms with Gasteiger partial charge < -0.3 is 19.7 Å². The van der Waals surface area contributed by atoms with Crippen LogP contribution in [0.5, 0.6) is 5.75 Å². The van der Waals surface area contributed by atoms with Gasteiger partial charge in [-0.2, -0.15) is 0 Å². The summed E-state index contributed by atoms with van der Waals surface area (Å²) in [5, 5.41) is 2.42. The second-order valence-corrected chi connectivity index (χ2v) is 11.3. The van der Waals surface area contributed by atoms with Crippen molar-refractivity contribution in [3.8, 4) is 5.75 Å². The largest absolute Gasteiger partial charge is 0.484 e. The van der Waals surface area contributed by atoms with Gasteiger partial charge in [-0.25, -0.2) is 4.79 Å². The summed E-state index contributed by atoms with van der Waals surface area (Å²) in [5.74, 6) is -0.582. The summed E-state index contributed by atoms with van der Waals surface area (Å²) in [6, 6.07) is 26.6. The van der Waals surface area contributed by atoms with Crippen LogP contribution in [0.4, 0.5) is 0 Å². The highest BCUT2D eigenvalue weighted by Crippen LogP contribution is 2.51. The predicted octanol–water partition coefficient (Wildman–Crippen LogP) is 3.95. The summed E-state index contributed by atoms with van der Waals surface area (Å²) >= 11 is 1.49. The molecule has 0 aromatic heterocycles. The van der Waals surface area contributed by atoms with E-state index >= 15 is 0 Å². The zero-order valence-electron chi connectivity index (χ0n) is 20.6. The molecule has 8 heteroatoms. The molecule has 2 aliphatic rings. The normalized spacial score (nSPS) is 21.6. The number of benzene rings is 3. The maximum atomic E-state index is 13.6. The summed E-state index contributed by atoms with van der Waals surface area (Å²) in [7, 11) is 0. The number of fused-ring (bicyclic) bond motifs is 1. The summed E-state index contributed by atoms with van der Waals surface area (Å²) < 4.78 is 11.0. The molecular formula is C29H28N2O5S. The van der Waals surface area contributed by atoms with Crippen LogP contribution in [0.15, 0.2) is 91.0 Å². The Balaban J connectivity index is 1.28. The zero-order chi connectivity index (χ0) is 26.0. The third-order valence-electron chi connectivity index (χ3n) is 6.53. The highest BCUT2D eigenvalue weighted by Gasteiger charge is 2.64. The Bertz CT molecular complexity index is 1230. The first-order valence-corrected chi connectivity index (χ1v) is 13.0. The van der Waals surface area contributed by atoms with Crippen molar-refractivity contribution in [1.82, 2.24) is 10.2 Å². The molecule has 2 aliphatic heterocycles. The number of carbonyl (C=O) groups excluding carboxylic acids is 3. The zero-order valence-corrected chi connectivity index (χ0v) is 21.4. The number of para-hydroxylation sites is 1. The second kappa shape index (κ2) is 10.3. The van der Waals surface area contributed by atoms with Crippen molar-refractivity contribution < 1.29 is 23.9 Å². The van der Waals surface area contributed by atoms with E-state index < -0.39 is 28.9 Å². The molecule has 2 heterocycles. The van der Waals surface area contributed by atoms with Gasteiger partial charge in [0.1, 0.15) is 23.2 Å². The Hall–Kier alpha value is -3.78. The van der Waals surface area contributed by atoms with E-state index in [4.69, 9.17) is 9.47 Å². The number of esters is 1. The Morgan fingerprint density at radius 3 is 2.03 bits per heavy atom. The van der Waals surface area contributed by atoms with E-state index in [0.29, 0.717) is 5.75 Å². The lowest BCUT2D eigenvalue weighted by molar-refractivity contribution is -0.166. The third kappa shape index (κ3) is 5.06. The van der Waals surface area contributed by atoms with Crippen molar-refractivity contribution in [3.63, 3.8) is 0 Å². The van der Waals surface area contributed by atoms with Crippen LogP contribution >= 0.6 is 11.8 Å². The maximum absolute atomic E-state index is 13.6. The average Bonchev–Trinajstić information content (AvgIpc) is 3.18. The van der Waals surface area contributed by atoms with Gasteiger partial charge in [0.2, 0.25) is 5.91 Å². The van der Waals surface area contributed by atoms with Crippen molar-refractivity contribution >= 4 is 29.5 Å². The number of carbonyl (C=O) groups is 3. The second-order valence-electron chi connectivity index (χ2n) is 9.55. The van der Waals surface area contributed by atoms with Crippen LogP contribution in [0.2, 0.25) is 0 Å². The molecular weight excluding hydrogens is 488 g/mol. The quantitative estimate of drug-likeness (QED) is 0.361. The summed E-state index contributed by atoms with van der Waals surface area (Å²) in [4.78, 5) is 40.8. The molecule has 0 spiro atoms. The lowest BCUT2D eigenvalue weighted by Crippen LogP contribution is -2.71. The van der Waals surface area contributed by atoms with Gasteiger partial charge >= 0.3 is 5.97 Å². The topological polar surface area (TPSA) is 84.9 Å². The fraction of sp³-hybridized carbons (Fsp3) is 0.276. The minimum Gasteiger partial charge on any atom is -0.484 e. The van der Waals surface area contributed by atoms with Crippen molar-refractivity contribution in [2.45, 2.75) is 42.2 Å². The van der Waals surface area contributed by atoms with Crippen molar-refractivity contribution in [1.29, 1.82) is 0 Å². The first-order chi connectivity index (χ1) is 17.8. The molecule has 37 heavy (non-hydrogen) atoms. The van der Waals surface area contributed by atoms with Crippen molar-refractivity contribution in [2.75, 3.05) is 6.61 Å². The molecule has 0 saturated carbocycles. The number of nitrogens with zero attached hydrogens (tertiary/aromatic N) is 1. The van der Waals surface area contributed by atoms with E-state index in [1.54, 1.807) is 17.0 Å². The van der Waals surface area contributed by atoms with Gasteiger partial charge in [0.15, 0.2) is 12.7 Å². The van der Waals surface area contributed by atoms with Gasteiger partial charge in [-0.05, 0) is 37.1 Å². The molecule has 2 fully saturated rings. The first kappa shape index (κ1) is 24.9. The number of amides is 2. The number of β-lactam (4-membered cyclic amide) rings is 1. The number of hydrogen-bond donors (Lipinski definition) is 1. The summed E-state index contributed by atoms with van der Waals surface area (Å²) in [6.07, 6.45) is -0.600. The Labute approximate surface area is 220 Å². The van der Waals surface area contributed by atoms with Crippen LogP contribution in [0.25, 0.3) is 0 Å². The van der Waals surface area contributed by atoms with Crippen LogP contribution in [-0.4, -0.2) is 51.5 Å². The molecule has 0 aliphatic carbocycles. The first-order valence-electron chi connectivity index (χ1n) is 12.1. The smallest absolute Gasteiger partial charge is 0.331 e. The molecule has 0 radical (unpaired) electrons. The molecule has 7 nitrogen and oxygen atoms in total. The predicted molar refractivity (Wildman–Crippen MR) is 141 cm³/mol. The molecule has 3 atom stereocenters. The Kier molecular flexibility index (Phi) is 6.93. The highest BCUT2D eigenvalue weighted by atomic mass is 32.2. The maximum Gasteiger partial charge on any atom is 0.331 e. The number of ether oxygens (including phenoxy) is 2. The Morgan fingerprint density at radius 1 is 0.919 bits per heavy atom. The van der Waals surface area contributed by atoms with E-state index in [0.717, 1.165) is 11.1 Å². The fourth-order valence-electron chi connectivity index (χ4n) is 4.77. The molecule has 3 aromatic rings. The molecule has 0 bridgehead atoms. The van der Waals surface area contributed by atoms with Crippen LogP contribution in [0.3, 0.4) is 0 Å². The number of rotatable bonds is 8. The standard InChI is InChI=1S/C29H28N2O5S/c1-29(2)25(28(34)36-24(19-12-6-3-7-13-19)20-14-8-4-9-15-20)31-26(33)23(27(31)37-29)30-22(32)18-35-21-16-10-5-11-17-21/h3-17,23-25,27H,18H2,1-2H3,(H,30,32)/t23-,25?,27-/m1/s1. The van der Waals surface area contributed by atoms with Gasteiger partial charge in [0.25, 0.3) is 5.91 Å². The van der Waals surface area contributed by atoms with Crippen LogP contribution < -0.4 is 10.1 Å². The van der Waals surface area contributed by atoms with Gasteiger partial charge in [0, 0.05) is 4.75 Å². The van der Waals surface area contributed by atoms with Gasteiger partial charge in [0.05, 0.1) is 0 Å². The molecule has 1 N–H and O–H groups in total. The van der Waals surface area contributed by atoms with E-state index in [1.165, 1.54) is 11.8 Å². The van der Waals surface area contributed by atoms with Crippen LogP contribution in [-0.2, 0) is 19.1 Å². The fourth-order valence-corrected chi connectivity index (χ4v) is 6.39. The molecule has 1 unspecified atom stereocenters. The molecule has 2 amide bonds. The van der Waals surface area contributed by atoms with E-state index in [1.807, 2.05) is 92.7 Å². The molecule has 3 aromatic carbocycles. The third-order valence-corrected chi connectivity index (χ3v) is 8.10. The highest BCUT2D eigenvalue weighted by molar-refractivity contribution is 8.01. The Morgan fingerprint density at radius 2 is 1.46 bits per heavy atom. The lowest BCUT2D eigenvalue weighted by atomic mass is 9.95. The number of hydrogen-bond acceptors (Lipinski definition) is 6. The van der Waals surface area contributed by atoms with Crippen molar-refractivity contribution in [3.05, 3.63) is 102 Å². The van der Waals surface area contributed by atoms with Gasteiger partial charge in [-0.3, -0.25) is 9.59 Å². The lowest BCUT2D eigenvalue weighted by Gasteiger charge is -2.44. The van der Waals surface area contributed by atoms with Crippen LogP contribution in [0, 0.1) is 0 Å². The van der Waals surface area contributed by atoms with Crippen LogP contribution in [0.1, 0.15) is 31.1 Å². The summed E-state index contributed by atoms with van der Waals surface area (Å²) in [6.45, 7) is 3.65. The molecule has 5 rings (SSSR count).